The van der Waals surface area contributed by atoms with Crippen LogP contribution in [-0.2, 0) is 16.9 Å². The third-order valence-corrected chi connectivity index (χ3v) is 8.65. The monoisotopic (exact) mass is 619 g/mol. The molecule has 4 rings (SSSR count). The Labute approximate surface area is 265 Å². The number of likely N-dealkylation sites (tertiary alicyclic amines) is 1. The summed E-state index contributed by atoms with van der Waals surface area (Å²) in [6, 6.07) is 20.0. The fourth-order valence-electron chi connectivity index (χ4n) is 6.25. The molecular formula is C36H46FN3O5. The van der Waals surface area contributed by atoms with Crippen LogP contribution in [0.4, 0.5) is 9.18 Å². The average molecular weight is 620 g/mol. The molecule has 3 aromatic rings. The van der Waals surface area contributed by atoms with Gasteiger partial charge in [-0.2, -0.15) is 0 Å². The van der Waals surface area contributed by atoms with Crippen LogP contribution in [0.5, 0.6) is 0 Å². The van der Waals surface area contributed by atoms with Gasteiger partial charge in [0.05, 0.1) is 12.7 Å². The van der Waals surface area contributed by atoms with Crippen LogP contribution in [0.25, 0.3) is 11.1 Å². The topological polar surface area (TPSA) is 111 Å². The summed E-state index contributed by atoms with van der Waals surface area (Å²) in [7, 11) is 1.30. The molecular weight excluding hydrogens is 573 g/mol. The van der Waals surface area contributed by atoms with Crippen LogP contribution in [0.2, 0.25) is 0 Å². The first-order valence-electron chi connectivity index (χ1n) is 15.9. The summed E-state index contributed by atoms with van der Waals surface area (Å²) in [6.07, 6.45) is 3.16. The molecule has 0 spiro atoms. The summed E-state index contributed by atoms with van der Waals surface area (Å²) >= 11 is 0. The van der Waals surface area contributed by atoms with Crippen LogP contribution in [0.3, 0.4) is 0 Å². The predicted molar refractivity (Wildman–Crippen MR) is 173 cm³/mol. The zero-order valence-electron chi connectivity index (χ0n) is 26.4. The van der Waals surface area contributed by atoms with Crippen molar-refractivity contribution >= 4 is 12.0 Å². The fraction of sp³-hybridized carbons (Fsp3) is 0.444. The Morgan fingerprint density at radius 2 is 1.82 bits per heavy atom. The Morgan fingerprint density at radius 3 is 2.56 bits per heavy atom. The van der Waals surface area contributed by atoms with Crippen molar-refractivity contribution in [3.8, 4) is 11.1 Å². The highest BCUT2D eigenvalue weighted by molar-refractivity contribution is 5.94. The number of carbonyl (C=O) groups excluding carboxylic acids is 2. The average Bonchev–Trinajstić information content (AvgIpc) is 3.06. The van der Waals surface area contributed by atoms with Crippen molar-refractivity contribution in [1.82, 2.24) is 15.5 Å². The lowest BCUT2D eigenvalue weighted by atomic mass is 9.72. The molecule has 2 amide bonds. The number of amides is 2. The van der Waals surface area contributed by atoms with E-state index < -0.39 is 17.5 Å². The number of unbranched alkanes of at least 4 members (excludes halogenated alkanes) is 1. The van der Waals surface area contributed by atoms with Gasteiger partial charge in [0.15, 0.2) is 0 Å². The minimum absolute atomic E-state index is 0.102. The van der Waals surface area contributed by atoms with E-state index in [1.165, 1.54) is 13.2 Å². The number of aliphatic hydroxyl groups excluding tert-OH is 1. The maximum atomic E-state index is 15.6. The normalized spacial score (nSPS) is 16.2. The largest absolute Gasteiger partial charge is 0.453 e. The lowest BCUT2D eigenvalue weighted by molar-refractivity contribution is -0.0564. The minimum atomic E-state index is -1.47. The molecule has 1 aliphatic heterocycles. The van der Waals surface area contributed by atoms with Crippen LogP contribution in [0, 0.1) is 18.7 Å². The number of hydrogen-bond donors (Lipinski definition) is 4. The number of rotatable bonds is 14. The highest BCUT2D eigenvalue weighted by Crippen LogP contribution is 2.44. The number of hydrogen-bond acceptors (Lipinski definition) is 6. The number of aryl methyl sites for hydroxylation is 1. The highest BCUT2D eigenvalue weighted by atomic mass is 19.1. The Balaban J connectivity index is 1.58. The van der Waals surface area contributed by atoms with E-state index >= 15 is 4.39 Å². The number of alkyl carbamates (subject to hydrolysis) is 1. The van der Waals surface area contributed by atoms with Gasteiger partial charge in [0.2, 0.25) is 0 Å². The first-order chi connectivity index (χ1) is 21.8. The number of nitrogens with zero attached hydrogens (tertiary/aromatic N) is 1. The molecule has 0 unspecified atom stereocenters. The van der Waals surface area contributed by atoms with E-state index in [-0.39, 0.29) is 31.4 Å². The third kappa shape index (κ3) is 8.90. The highest BCUT2D eigenvalue weighted by Gasteiger charge is 2.43. The van der Waals surface area contributed by atoms with E-state index in [0.29, 0.717) is 61.2 Å². The SMILES string of the molecule is COC(=O)NCCC[C@@](O)(c1cccc(F)c1-c1cccc(C)c1)[C@@H]1CCCN(C(=O)c2ccc(CNCCCCO)cc2)C1. The second-order valence-electron chi connectivity index (χ2n) is 11.9. The van der Waals surface area contributed by atoms with Crippen LogP contribution < -0.4 is 10.6 Å². The summed E-state index contributed by atoms with van der Waals surface area (Å²) < 4.78 is 20.3. The summed E-state index contributed by atoms with van der Waals surface area (Å²) in [5, 5.41) is 27.6. The van der Waals surface area contributed by atoms with Crippen LogP contribution in [0.15, 0.2) is 66.7 Å². The molecule has 0 bridgehead atoms. The molecule has 1 fully saturated rings. The lowest BCUT2D eigenvalue weighted by Gasteiger charge is -2.43. The molecule has 1 heterocycles. The molecule has 1 aliphatic rings. The van der Waals surface area contributed by atoms with Gasteiger partial charge in [0, 0.05) is 49.8 Å². The number of ether oxygens (including phenoxy) is 1. The van der Waals surface area contributed by atoms with Gasteiger partial charge in [-0.1, -0.05) is 54.1 Å². The summed E-state index contributed by atoms with van der Waals surface area (Å²) in [5.41, 5.74) is 2.68. The van der Waals surface area contributed by atoms with E-state index in [1.807, 2.05) is 55.5 Å². The zero-order chi connectivity index (χ0) is 32.2. The van der Waals surface area contributed by atoms with Crippen molar-refractivity contribution in [3.63, 3.8) is 0 Å². The quantitative estimate of drug-likeness (QED) is 0.177. The van der Waals surface area contributed by atoms with Gasteiger partial charge in [-0.05, 0) is 86.9 Å². The molecule has 0 radical (unpaired) electrons. The van der Waals surface area contributed by atoms with Gasteiger partial charge in [0.25, 0.3) is 5.91 Å². The number of piperidine rings is 1. The molecule has 242 valence electrons. The van der Waals surface area contributed by atoms with E-state index in [0.717, 1.165) is 30.5 Å². The summed E-state index contributed by atoms with van der Waals surface area (Å²) in [5.74, 6) is -0.882. The van der Waals surface area contributed by atoms with Crippen LogP contribution >= 0.6 is 0 Å². The Hall–Kier alpha value is -3.79. The van der Waals surface area contributed by atoms with Crippen molar-refractivity contribution in [2.24, 2.45) is 5.92 Å². The predicted octanol–water partition coefficient (Wildman–Crippen LogP) is 5.54. The Bertz CT molecular complexity index is 1420. The number of methoxy groups -OCH3 is 1. The van der Waals surface area contributed by atoms with Crippen molar-refractivity contribution in [2.75, 3.05) is 39.9 Å². The number of aliphatic hydroxyl groups is 2. The van der Waals surface area contributed by atoms with Gasteiger partial charge in [0.1, 0.15) is 5.82 Å². The molecule has 1 saturated heterocycles. The Kier molecular flexibility index (Phi) is 12.5. The van der Waals surface area contributed by atoms with E-state index in [9.17, 15) is 14.7 Å². The first-order valence-corrected chi connectivity index (χ1v) is 15.9. The van der Waals surface area contributed by atoms with E-state index in [1.54, 1.807) is 17.0 Å². The molecule has 3 aromatic carbocycles. The molecule has 0 aromatic heterocycles. The third-order valence-electron chi connectivity index (χ3n) is 8.65. The van der Waals surface area contributed by atoms with E-state index in [2.05, 4.69) is 10.6 Å². The van der Waals surface area contributed by atoms with Gasteiger partial charge >= 0.3 is 6.09 Å². The minimum Gasteiger partial charge on any atom is -0.453 e. The lowest BCUT2D eigenvalue weighted by Crippen LogP contribution is -2.48. The van der Waals surface area contributed by atoms with Crippen molar-refractivity contribution in [2.45, 2.75) is 57.6 Å². The molecule has 0 saturated carbocycles. The second kappa shape index (κ2) is 16.5. The second-order valence-corrected chi connectivity index (χ2v) is 11.9. The van der Waals surface area contributed by atoms with E-state index in [4.69, 9.17) is 9.84 Å². The first kappa shape index (κ1) is 34.1. The molecule has 9 heteroatoms. The van der Waals surface area contributed by atoms with Gasteiger partial charge in [-0.3, -0.25) is 4.79 Å². The standard InChI is InChI=1S/C36H46FN3O5/c1-26-9-5-10-29(23-26)33-31(12-6-13-32(33)37)36(44,18-8-20-39-35(43)45-2)30-11-7-21-40(25-30)34(42)28-16-14-27(15-17-28)24-38-19-3-4-22-41/h5-6,9-10,12-17,23,30,38,41,44H,3-4,7-8,11,18-22,24-25H2,1-2H3,(H,39,43)/t30-,36+/m1/s1. The van der Waals surface area contributed by atoms with Gasteiger partial charge in [-0.15, -0.1) is 0 Å². The fourth-order valence-corrected chi connectivity index (χ4v) is 6.25. The van der Waals surface area contributed by atoms with Crippen molar-refractivity contribution in [1.29, 1.82) is 0 Å². The number of halogens is 1. The molecule has 0 aliphatic carbocycles. The van der Waals surface area contributed by atoms with Crippen molar-refractivity contribution in [3.05, 3.63) is 94.8 Å². The van der Waals surface area contributed by atoms with Crippen molar-refractivity contribution < 1.29 is 28.9 Å². The summed E-state index contributed by atoms with van der Waals surface area (Å²) in [4.78, 5) is 27.2. The van der Waals surface area contributed by atoms with Crippen LogP contribution in [0.1, 0.15) is 65.6 Å². The maximum absolute atomic E-state index is 15.6. The Morgan fingerprint density at radius 1 is 1.04 bits per heavy atom. The number of carbonyl (C=O) groups is 2. The molecule has 8 nitrogen and oxygen atoms in total. The molecule has 2 atom stereocenters. The molecule has 4 N–H and O–H groups in total. The zero-order valence-corrected chi connectivity index (χ0v) is 26.4. The smallest absolute Gasteiger partial charge is 0.406 e. The number of benzene rings is 3. The molecule has 45 heavy (non-hydrogen) atoms. The summed E-state index contributed by atoms with van der Waals surface area (Å²) in [6.45, 7) is 4.80. The van der Waals surface area contributed by atoms with Crippen LogP contribution in [-0.4, -0.2) is 67.0 Å². The maximum Gasteiger partial charge on any atom is 0.406 e. The number of nitrogens with one attached hydrogen (secondary N) is 2. The van der Waals surface area contributed by atoms with Gasteiger partial charge in [-0.25, -0.2) is 9.18 Å². The van der Waals surface area contributed by atoms with Gasteiger partial charge < -0.3 is 30.5 Å².